The summed E-state index contributed by atoms with van der Waals surface area (Å²) >= 11 is 0. The molecule has 0 amide bonds. The summed E-state index contributed by atoms with van der Waals surface area (Å²) in [5.41, 5.74) is 0.435. The van der Waals surface area contributed by atoms with E-state index in [0.717, 1.165) is 32.1 Å². The van der Waals surface area contributed by atoms with Crippen molar-refractivity contribution in [2.24, 2.45) is 46.3 Å². The second-order valence-electron chi connectivity index (χ2n) is 13.2. The first-order chi connectivity index (χ1) is 16.9. The van der Waals surface area contributed by atoms with Crippen LogP contribution in [0.4, 0.5) is 0 Å². The number of carbonyl (C=O) groups excluding carboxylic acids is 1. The molecular weight excluding hydrogens is 476 g/mol. The van der Waals surface area contributed by atoms with Crippen molar-refractivity contribution in [1.29, 1.82) is 0 Å². The van der Waals surface area contributed by atoms with Crippen LogP contribution in [0, 0.1) is 46.3 Å². The topological polar surface area (TPSA) is 105 Å². The molecule has 8 heteroatoms. The number of fused-ring (bicyclic) bond motifs is 5. The van der Waals surface area contributed by atoms with Crippen LogP contribution >= 0.6 is 0 Å². The highest BCUT2D eigenvalue weighted by Crippen LogP contribution is 2.68. The molecular formula is C28H50N2O5S. The SMILES string of the molecule is COC(=O)CC[C@@H](C)[C@H]1CCC2C3C(CC[C@@]21C)[C@@]1(C)CCC(NCCO)C[C@H]1C[C@H]3NS(C)(=O)=O. The van der Waals surface area contributed by atoms with Crippen molar-refractivity contribution in [2.45, 2.75) is 97.1 Å². The van der Waals surface area contributed by atoms with E-state index in [-0.39, 0.29) is 29.4 Å². The molecule has 4 fully saturated rings. The van der Waals surface area contributed by atoms with Gasteiger partial charge in [0.05, 0.1) is 20.0 Å². The second kappa shape index (κ2) is 10.8. The van der Waals surface area contributed by atoms with E-state index < -0.39 is 10.0 Å². The minimum Gasteiger partial charge on any atom is -0.469 e. The van der Waals surface area contributed by atoms with Gasteiger partial charge in [0.15, 0.2) is 0 Å². The first-order valence-electron chi connectivity index (χ1n) is 14.3. The smallest absolute Gasteiger partial charge is 0.305 e. The number of esters is 1. The van der Waals surface area contributed by atoms with Crippen LogP contribution in [0.1, 0.15) is 85.0 Å². The average Bonchev–Trinajstić information content (AvgIpc) is 3.17. The van der Waals surface area contributed by atoms with Crippen LogP contribution < -0.4 is 10.0 Å². The highest BCUT2D eigenvalue weighted by molar-refractivity contribution is 7.88. The molecule has 0 radical (unpaired) electrons. The zero-order chi connectivity index (χ0) is 26.3. The number of carbonyl (C=O) groups is 1. The van der Waals surface area contributed by atoms with Gasteiger partial charge in [-0.3, -0.25) is 4.79 Å². The molecule has 0 aliphatic heterocycles. The second-order valence-corrected chi connectivity index (χ2v) is 15.0. The summed E-state index contributed by atoms with van der Waals surface area (Å²) in [6.45, 7) is 8.06. The summed E-state index contributed by atoms with van der Waals surface area (Å²) in [6, 6.07) is 0.402. The van der Waals surface area contributed by atoms with Gasteiger partial charge in [-0.1, -0.05) is 20.8 Å². The van der Waals surface area contributed by atoms with Crippen molar-refractivity contribution in [3.05, 3.63) is 0 Å². The number of hydrogen-bond donors (Lipinski definition) is 3. The largest absolute Gasteiger partial charge is 0.469 e. The normalized spacial score (nSPS) is 43.2. The first-order valence-corrected chi connectivity index (χ1v) is 16.2. The van der Waals surface area contributed by atoms with Gasteiger partial charge >= 0.3 is 5.97 Å². The van der Waals surface area contributed by atoms with E-state index in [2.05, 4.69) is 30.8 Å². The van der Waals surface area contributed by atoms with E-state index in [4.69, 9.17) is 4.74 Å². The van der Waals surface area contributed by atoms with Gasteiger partial charge in [0.1, 0.15) is 0 Å². The van der Waals surface area contributed by atoms with Gasteiger partial charge in [-0.25, -0.2) is 13.1 Å². The van der Waals surface area contributed by atoms with Crippen LogP contribution in [-0.4, -0.2) is 58.1 Å². The van der Waals surface area contributed by atoms with Crippen LogP contribution in [0.3, 0.4) is 0 Å². The number of rotatable bonds is 9. The zero-order valence-electron chi connectivity index (χ0n) is 23.1. The molecule has 208 valence electrons. The Morgan fingerprint density at radius 3 is 2.44 bits per heavy atom. The third-order valence-electron chi connectivity index (χ3n) is 11.4. The minimum absolute atomic E-state index is 0.00610. The van der Waals surface area contributed by atoms with Crippen molar-refractivity contribution >= 4 is 16.0 Å². The molecule has 4 aliphatic carbocycles. The lowest BCUT2D eigenvalue weighted by Gasteiger charge is -2.63. The predicted molar refractivity (Wildman–Crippen MR) is 142 cm³/mol. The van der Waals surface area contributed by atoms with Crippen LogP contribution in [0.15, 0.2) is 0 Å². The average molecular weight is 527 g/mol. The molecule has 4 aliphatic rings. The molecule has 0 saturated heterocycles. The van der Waals surface area contributed by atoms with Gasteiger partial charge in [0, 0.05) is 25.0 Å². The van der Waals surface area contributed by atoms with Crippen LogP contribution in [-0.2, 0) is 19.6 Å². The molecule has 7 nitrogen and oxygen atoms in total. The summed E-state index contributed by atoms with van der Waals surface area (Å²) < 4.78 is 33.1. The number of ether oxygens (including phenoxy) is 1. The van der Waals surface area contributed by atoms with Gasteiger partial charge < -0.3 is 15.2 Å². The Hall–Kier alpha value is -0.700. The molecule has 4 rings (SSSR count). The fraction of sp³-hybridized carbons (Fsp3) is 0.964. The lowest BCUT2D eigenvalue weighted by atomic mass is 9.43. The number of sulfonamides is 1. The number of methoxy groups -OCH3 is 1. The Labute approximate surface area is 218 Å². The molecule has 4 unspecified atom stereocenters. The fourth-order valence-electron chi connectivity index (χ4n) is 9.74. The summed E-state index contributed by atoms with van der Waals surface area (Å²) in [5.74, 6) is 2.81. The Morgan fingerprint density at radius 2 is 1.78 bits per heavy atom. The van der Waals surface area contributed by atoms with Crippen molar-refractivity contribution in [1.82, 2.24) is 10.0 Å². The quantitative estimate of drug-likeness (QED) is 0.396. The molecule has 0 aromatic rings. The summed E-state index contributed by atoms with van der Waals surface area (Å²) in [5, 5.41) is 12.8. The van der Waals surface area contributed by atoms with E-state index in [0.29, 0.717) is 54.5 Å². The number of hydrogen-bond acceptors (Lipinski definition) is 6. The van der Waals surface area contributed by atoms with Gasteiger partial charge in [0.25, 0.3) is 0 Å². The molecule has 0 bridgehead atoms. The molecule has 4 saturated carbocycles. The molecule has 10 atom stereocenters. The number of aliphatic hydroxyl groups excluding tert-OH is 1. The molecule has 0 aromatic heterocycles. The van der Waals surface area contributed by atoms with E-state index >= 15 is 0 Å². The maximum absolute atomic E-state index is 12.5. The zero-order valence-corrected chi connectivity index (χ0v) is 23.9. The summed E-state index contributed by atoms with van der Waals surface area (Å²) in [7, 11) is -1.85. The fourth-order valence-corrected chi connectivity index (χ4v) is 10.5. The van der Waals surface area contributed by atoms with Crippen molar-refractivity contribution in [3.8, 4) is 0 Å². The van der Waals surface area contributed by atoms with Crippen LogP contribution in [0.5, 0.6) is 0 Å². The molecule has 36 heavy (non-hydrogen) atoms. The van der Waals surface area contributed by atoms with E-state index in [1.165, 1.54) is 39.0 Å². The molecule has 0 heterocycles. The number of nitrogens with one attached hydrogen (secondary N) is 2. The highest BCUT2D eigenvalue weighted by atomic mass is 32.2. The van der Waals surface area contributed by atoms with Crippen LogP contribution in [0.25, 0.3) is 0 Å². The Balaban J connectivity index is 1.59. The van der Waals surface area contributed by atoms with E-state index in [1.54, 1.807) is 0 Å². The standard InChI is InChI=1S/C28H50N2O5S/c1-18(6-9-25(32)35-4)21-7-8-22-26-23(11-13-28(21,22)3)27(2)12-10-20(29-14-15-31)16-19(27)17-24(26)30-36(5,33)34/h18-24,26,29-31H,6-17H2,1-5H3/t18-,19+,20?,21-,22?,23?,24-,26?,27+,28-/m1/s1. The molecule has 0 spiro atoms. The maximum Gasteiger partial charge on any atom is 0.305 e. The summed E-state index contributed by atoms with van der Waals surface area (Å²) in [4.78, 5) is 11.8. The lowest BCUT2D eigenvalue weighted by molar-refractivity contribution is -0.141. The van der Waals surface area contributed by atoms with Gasteiger partial charge in [-0.15, -0.1) is 0 Å². The molecule has 3 N–H and O–H groups in total. The monoisotopic (exact) mass is 526 g/mol. The van der Waals surface area contributed by atoms with Gasteiger partial charge in [0.2, 0.25) is 10.0 Å². The van der Waals surface area contributed by atoms with Crippen molar-refractivity contribution < 1.29 is 23.1 Å². The summed E-state index contributed by atoms with van der Waals surface area (Å²) in [6.07, 6.45) is 11.6. The Kier molecular flexibility index (Phi) is 8.51. The van der Waals surface area contributed by atoms with Gasteiger partial charge in [-0.2, -0.15) is 0 Å². The minimum atomic E-state index is -3.31. The number of aliphatic hydroxyl groups is 1. The maximum atomic E-state index is 12.5. The first kappa shape index (κ1) is 28.3. The Bertz CT molecular complexity index is 896. The Morgan fingerprint density at radius 1 is 1.08 bits per heavy atom. The van der Waals surface area contributed by atoms with E-state index in [9.17, 15) is 18.3 Å². The lowest BCUT2D eigenvalue weighted by Crippen LogP contribution is -2.62. The van der Waals surface area contributed by atoms with Gasteiger partial charge in [-0.05, 0) is 104 Å². The van der Waals surface area contributed by atoms with Crippen molar-refractivity contribution in [3.63, 3.8) is 0 Å². The predicted octanol–water partition coefficient (Wildman–Crippen LogP) is 3.71. The molecule has 0 aromatic carbocycles. The third kappa shape index (κ3) is 5.39. The van der Waals surface area contributed by atoms with E-state index in [1.807, 2.05) is 0 Å². The highest BCUT2D eigenvalue weighted by Gasteiger charge is 2.63. The third-order valence-corrected chi connectivity index (χ3v) is 12.1. The van der Waals surface area contributed by atoms with Crippen molar-refractivity contribution in [2.75, 3.05) is 26.5 Å². The van der Waals surface area contributed by atoms with Crippen LogP contribution in [0.2, 0.25) is 0 Å².